The topological polar surface area (TPSA) is 237 Å². The van der Waals surface area contributed by atoms with Gasteiger partial charge in [-0.1, -0.05) is 5.11 Å². The van der Waals surface area contributed by atoms with Crippen molar-refractivity contribution in [1.29, 1.82) is 0 Å². The first kappa shape index (κ1) is 41.3. The van der Waals surface area contributed by atoms with Gasteiger partial charge in [-0.2, -0.15) is 0 Å². The summed E-state index contributed by atoms with van der Waals surface area (Å²) in [6.45, 7) is 12.0. The van der Waals surface area contributed by atoms with Gasteiger partial charge in [-0.15, -0.1) is 0 Å². The zero-order valence-electron chi connectivity index (χ0n) is 27.2. The molecule has 0 heterocycles. The van der Waals surface area contributed by atoms with E-state index in [0.717, 1.165) is 0 Å². The molecule has 3 amide bonds. The predicted molar refractivity (Wildman–Crippen MR) is 161 cm³/mol. The molecule has 0 aromatic heterocycles. The molecule has 17 heteroatoms. The van der Waals surface area contributed by atoms with Gasteiger partial charge in [-0.3, -0.25) is 14.4 Å². The maximum atomic E-state index is 13.1. The fourth-order valence-electron chi connectivity index (χ4n) is 3.39. The maximum Gasteiger partial charge on any atom is 0.407 e. The molecule has 45 heavy (non-hydrogen) atoms. The highest BCUT2D eigenvalue weighted by Crippen LogP contribution is 2.11. The maximum absolute atomic E-state index is 13.1. The number of azide groups is 1. The molecular formula is C28H50N6O11. The van der Waals surface area contributed by atoms with E-state index in [2.05, 4.69) is 26.0 Å². The molecule has 0 radical (unpaired) electrons. The Labute approximate surface area is 264 Å². The van der Waals surface area contributed by atoms with Crippen molar-refractivity contribution in [2.24, 2.45) is 5.11 Å². The Morgan fingerprint density at radius 3 is 1.93 bits per heavy atom. The molecule has 0 bridgehead atoms. The minimum absolute atomic E-state index is 0.0440. The Kier molecular flexibility index (Phi) is 20.9. The highest BCUT2D eigenvalue weighted by molar-refractivity contribution is 5.91. The highest BCUT2D eigenvalue weighted by Gasteiger charge is 2.30. The van der Waals surface area contributed by atoms with E-state index in [0.29, 0.717) is 32.7 Å². The van der Waals surface area contributed by atoms with Crippen LogP contribution in [0.4, 0.5) is 4.79 Å². The van der Waals surface area contributed by atoms with E-state index in [1.807, 2.05) is 0 Å². The highest BCUT2D eigenvalue weighted by atomic mass is 16.6. The number of carbonyl (C=O) groups excluding carboxylic acids is 4. The van der Waals surface area contributed by atoms with Gasteiger partial charge in [0.15, 0.2) is 0 Å². The van der Waals surface area contributed by atoms with Crippen LogP contribution in [0.3, 0.4) is 0 Å². The van der Waals surface area contributed by atoms with Gasteiger partial charge in [0.2, 0.25) is 11.8 Å². The Morgan fingerprint density at radius 1 is 0.800 bits per heavy atom. The van der Waals surface area contributed by atoms with Crippen molar-refractivity contribution in [3.05, 3.63) is 10.4 Å². The smallest absolute Gasteiger partial charge is 0.407 e. The van der Waals surface area contributed by atoms with Gasteiger partial charge >= 0.3 is 18.0 Å². The summed E-state index contributed by atoms with van der Waals surface area (Å²) in [5.74, 6) is -3.52. The van der Waals surface area contributed by atoms with E-state index >= 15 is 0 Å². The van der Waals surface area contributed by atoms with E-state index < -0.39 is 59.6 Å². The molecule has 0 aromatic carbocycles. The fraction of sp³-hybridized carbons (Fsp3) is 0.821. The van der Waals surface area contributed by atoms with Crippen LogP contribution in [0.25, 0.3) is 10.4 Å². The molecule has 17 nitrogen and oxygen atoms in total. The van der Waals surface area contributed by atoms with Crippen LogP contribution in [0, 0.1) is 0 Å². The molecular weight excluding hydrogens is 596 g/mol. The standard InChI is InChI=1S/C28H50N6O11/c1-27(2,3)44-23(36)19-21(25(38)39)33-24(37)20(9-7-8-11-30-26(40)45-28(4,5)6)32-22(35)10-13-41-15-17-43-18-16-42-14-12-31-34-29/h20-21H,7-19H2,1-6H3,(H,30,40)(H,32,35)(H,33,37)(H,38,39). The SMILES string of the molecule is CC(C)(C)OC(=O)CC(NC(=O)C(CCCCNC(=O)OC(C)(C)C)NC(=O)CCOCCOCCOCCN=[N+]=[N-])C(=O)O. The predicted octanol–water partition coefficient (Wildman–Crippen LogP) is 2.22. The fourth-order valence-corrected chi connectivity index (χ4v) is 3.39. The number of aliphatic carboxylic acids is 1. The summed E-state index contributed by atoms with van der Waals surface area (Å²) in [4.78, 5) is 64.1. The first-order valence-corrected chi connectivity index (χ1v) is 14.8. The van der Waals surface area contributed by atoms with E-state index in [-0.39, 0.29) is 45.8 Å². The lowest BCUT2D eigenvalue weighted by Crippen LogP contribution is -2.52. The summed E-state index contributed by atoms with van der Waals surface area (Å²) in [7, 11) is 0. The monoisotopic (exact) mass is 646 g/mol. The molecule has 0 aliphatic heterocycles. The van der Waals surface area contributed by atoms with Crippen molar-refractivity contribution in [2.75, 3.05) is 52.7 Å². The molecule has 2 unspecified atom stereocenters. The number of carboxylic acid groups (broad SMARTS) is 1. The first-order valence-electron chi connectivity index (χ1n) is 14.8. The summed E-state index contributed by atoms with van der Waals surface area (Å²) in [5, 5.41) is 20.4. The molecule has 258 valence electrons. The lowest BCUT2D eigenvalue weighted by Gasteiger charge is -2.23. The number of alkyl carbamates (subject to hydrolysis) is 1. The van der Waals surface area contributed by atoms with E-state index in [1.54, 1.807) is 41.5 Å². The minimum Gasteiger partial charge on any atom is -0.480 e. The number of nitrogens with one attached hydrogen (secondary N) is 3. The number of hydrogen-bond acceptors (Lipinski definition) is 11. The Balaban J connectivity index is 4.87. The van der Waals surface area contributed by atoms with E-state index in [4.69, 9.17) is 29.2 Å². The van der Waals surface area contributed by atoms with Gasteiger partial charge in [-0.25, -0.2) is 9.59 Å². The van der Waals surface area contributed by atoms with Crippen molar-refractivity contribution < 1.29 is 52.8 Å². The number of ether oxygens (including phenoxy) is 5. The third-order valence-electron chi connectivity index (χ3n) is 5.26. The molecule has 0 spiro atoms. The van der Waals surface area contributed by atoms with Crippen LogP contribution in [0.15, 0.2) is 5.11 Å². The van der Waals surface area contributed by atoms with Crippen molar-refractivity contribution in [1.82, 2.24) is 16.0 Å². The second kappa shape index (κ2) is 22.8. The Morgan fingerprint density at radius 2 is 1.38 bits per heavy atom. The summed E-state index contributed by atoms with van der Waals surface area (Å²) in [5.41, 5.74) is 6.69. The van der Waals surface area contributed by atoms with Crippen LogP contribution in [0.2, 0.25) is 0 Å². The van der Waals surface area contributed by atoms with Crippen LogP contribution >= 0.6 is 0 Å². The van der Waals surface area contributed by atoms with Gasteiger partial charge in [-0.05, 0) is 66.3 Å². The normalized spacial score (nSPS) is 12.7. The number of carbonyl (C=O) groups is 5. The molecule has 0 saturated carbocycles. The van der Waals surface area contributed by atoms with Crippen LogP contribution < -0.4 is 16.0 Å². The largest absolute Gasteiger partial charge is 0.480 e. The van der Waals surface area contributed by atoms with Crippen molar-refractivity contribution >= 4 is 29.8 Å². The van der Waals surface area contributed by atoms with Crippen molar-refractivity contribution in [2.45, 2.75) is 96.9 Å². The number of rotatable bonds is 23. The van der Waals surface area contributed by atoms with Crippen LogP contribution in [0.5, 0.6) is 0 Å². The number of unbranched alkanes of at least 4 members (excludes halogenated alkanes) is 1. The molecule has 0 aliphatic carbocycles. The number of carboxylic acids is 1. The minimum atomic E-state index is -1.57. The molecule has 4 N–H and O–H groups in total. The van der Waals surface area contributed by atoms with E-state index in [9.17, 15) is 29.1 Å². The summed E-state index contributed by atoms with van der Waals surface area (Å²) >= 11 is 0. The average Bonchev–Trinajstić information content (AvgIpc) is 2.90. The summed E-state index contributed by atoms with van der Waals surface area (Å²) in [6, 6.07) is -2.68. The van der Waals surface area contributed by atoms with Crippen molar-refractivity contribution in [3.63, 3.8) is 0 Å². The molecule has 0 saturated heterocycles. The third kappa shape index (κ3) is 25.4. The van der Waals surface area contributed by atoms with Gasteiger partial charge < -0.3 is 44.7 Å². The zero-order valence-corrected chi connectivity index (χ0v) is 27.2. The van der Waals surface area contributed by atoms with Gasteiger partial charge in [0.1, 0.15) is 23.3 Å². The first-order chi connectivity index (χ1) is 21.0. The lowest BCUT2D eigenvalue weighted by atomic mass is 10.1. The summed E-state index contributed by atoms with van der Waals surface area (Å²) < 4.78 is 26.3. The quantitative estimate of drug-likeness (QED) is 0.0413. The van der Waals surface area contributed by atoms with Gasteiger partial charge in [0.05, 0.1) is 46.1 Å². The van der Waals surface area contributed by atoms with Crippen LogP contribution in [-0.2, 0) is 42.9 Å². The molecule has 0 aliphatic rings. The molecule has 0 rings (SSSR count). The number of esters is 1. The number of nitrogens with zero attached hydrogens (tertiary/aromatic N) is 3. The second-order valence-corrected chi connectivity index (χ2v) is 11.8. The van der Waals surface area contributed by atoms with Crippen LogP contribution in [0.1, 0.15) is 73.6 Å². The molecule has 2 atom stereocenters. The second-order valence-electron chi connectivity index (χ2n) is 11.8. The Bertz CT molecular complexity index is 975. The average molecular weight is 647 g/mol. The molecule has 0 aromatic rings. The number of hydrogen-bond donors (Lipinski definition) is 4. The molecule has 0 fully saturated rings. The van der Waals surface area contributed by atoms with Crippen LogP contribution in [-0.4, -0.2) is 111 Å². The van der Waals surface area contributed by atoms with Gasteiger partial charge in [0.25, 0.3) is 0 Å². The lowest BCUT2D eigenvalue weighted by molar-refractivity contribution is -0.158. The van der Waals surface area contributed by atoms with E-state index in [1.165, 1.54) is 0 Å². The van der Waals surface area contributed by atoms with Gasteiger partial charge in [0, 0.05) is 24.4 Å². The summed E-state index contributed by atoms with van der Waals surface area (Å²) in [6.07, 6.45) is -0.296. The number of amides is 3. The zero-order chi connectivity index (χ0) is 34.3. The third-order valence-corrected chi connectivity index (χ3v) is 5.26. The Hall–Kier alpha value is -3.66. The van der Waals surface area contributed by atoms with Crippen molar-refractivity contribution in [3.8, 4) is 0 Å².